The number of benzene rings is 1. The van der Waals surface area contributed by atoms with Crippen molar-refractivity contribution >= 4 is 17.1 Å². The van der Waals surface area contributed by atoms with Gasteiger partial charge in [-0.05, 0) is 36.4 Å². The van der Waals surface area contributed by atoms with Crippen LogP contribution in [0.25, 0.3) is 0 Å². The Morgan fingerprint density at radius 1 is 1.28 bits per heavy atom. The van der Waals surface area contributed by atoms with Gasteiger partial charge in [-0.25, -0.2) is 0 Å². The summed E-state index contributed by atoms with van der Waals surface area (Å²) in [5.74, 6) is 0.102. The molecule has 0 aliphatic carbocycles. The van der Waals surface area contributed by atoms with Gasteiger partial charge < -0.3 is 4.74 Å². The number of carbonyl (C=O) groups is 1. The van der Waals surface area contributed by atoms with Crippen LogP contribution in [0.5, 0.6) is 0 Å². The Morgan fingerprint density at radius 2 is 2.06 bits per heavy atom. The Bertz CT molecular complexity index is 557. The SMILES string of the molecule is COC(c1cccc(C)c1)c1csc(C(C)=O)c1. The number of methoxy groups -OCH3 is 1. The van der Waals surface area contributed by atoms with Crippen molar-refractivity contribution in [1.82, 2.24) is 0 Å². The molecule has 3 heteroatoms. The number of aryl methyl sites for hydroxylation is 1. The Morgan fingerprint density at radius 3 is 2.61 bits per heavy atom. The zero-order valence-electron chi connectivity index (χ0n) is 10.8. The maximum atomic E-state index is 11.3. The van der Waals surface area contributed by atoms with E-state index in [-0.39, 0.29) is 11.9 Å². The van der Waals surface area contributed by atoms with Crippen LogP contribution in [0, 0.1) is 6.92 Å². The van der Waals surface area contributed by atoms with Gasteiger partial charge in [0.25, 0.3) is 0 Å². The third kappa shape index (κ3) is 2.68. The van der Waals surface area contributed by atoms with E-state index in [0.717, 1.165) is 16.0 Å². The van der Waals surface area contributed by atoms with Crippen LogP contribution < -0.4 is 0 Å². The van der Waals surface area contributed by atoms with E-state index in [4.69, 9.17) is 4.74 Å². The lowest BCUT2D eigenvalue weighted by atomic mass is 10.0. The summed E-state index contributed by atoms with van der Waals surface area (Å²) in [6.45, 7) is 3.65. The highest BCUT2D eigenvalue weighted by Crippen LogP contribution is 2.29. The van der Waals surface area contributed by atoms with Gasteiger partial charge in [0.1, 0.15) is 6.10 Å². The lowest BCUT2D eigenvalue weighted by Gasteiger charge is -2.15. The molecule has 0 fully saturated rings. The molecule has 0 bridgehead atoms. The fraction of sp³-hybridized carbons (Fsp3) is 0.267. The van der Waals surface area contributed by atoms with Crippen LogP contribution >= 0.6 is 11.3 Å². The third-order valence-electron chi connectivity index (χ3n) is 2.85. The molecule has 1 unspecified atom stereocenters. The summed E-state index contributed by atoms with van der Waals surface area (Å²) in [5.41, 5.74) is 3.36. The highest BCUT2D eigenvalue weighted by atomic mass is 32.1. The smallest absolute Gasteiger partial charge is 0.169 e. The van der Waals surface area contributed by atoms with Gasteiger partial charge in [0.15, 0.2) is 5.78 Å². The summed E-state index contributed by atoms with van der Waals surface area (Å²) in [6.07, 6.45) is -0.103. The number of carbonyl (C=O) groups excluding carboxylic acids is 1. The van der Waals surface area contributed by atoms with Crippen molar-refractivity contribution < 1.29 is 9.53 Å². The number of thiophene rings is 1. The van der Waals surface area contributed by atoms with Gasteiger partial charge in [0.05, 0.1) is 4.88 Å². The minimum Gasteiger partial charge on any atom is -0.372 e. The number of ketones is 1. The fourth-order valence-corrected chi connectivity index (χ4v) is 2.80. The van der Waals surface area contributed by atoms with E-state index in [1.807, 2.05) is 23.6 Å². The molecule has 2 rings (SSSR count). The number of hydrogen-bond donors (Lipinski definition) is 0. The van der Waals surface area contributed by atoms with Crippen molar-refractivity contribution in [3.05, 3.63) is 57.3 Å². The summed E-state index contributed by atoms with van der Waals surface area (Å²) in [7, 11) is 1.69. The van der Waals surface area contributed by atoms with Gasteiger partial charge in [0.2, 0.25) is 0 Å². The van der Waals surface area contributed by atoms with E-state index in [9.17, 15) is 4.79 Å². The molecule has 18 heavy (non-hydrogen) atoms. The molecule has 0 spiro atoms. The van der Waals surface area contributed by atoms with Crippen molar-refractivity contribution in [1.29, 1.82) is 0 Å². The number of Topliss-reactive ketones (excluding diaryl/α,β-unsaturated/α-hetero) is 1. The van der Waals surface area contributed by atoms with Crippen molar-refractivity contribution in [2.45, 2.75) is 20.0 Å². The molecule has 0 aliphatic heterocycles. The maximum absolute atomic E-state index is 11.3. The van der Waals surface area contributed by atoms with Crippen LogP contribution in [0.15, 0.2) is 35.7 Å². The Labute approximate surface area is 111 Å². The van der Waals surface area contributed by atoms with E-state index >= 15 is 0 Å². The molecule has 0 radical (unpaired) electrons. The molecule has 1 heterocycles. The Hall–Kier alpha value is -1.45. The minimum absolute atomic E-state index is 0.102. The molecule has 0 amide bonds. The predicted molar refractivity (Wildman–Crippen MR) is 74.4 cm³/mol. The van der Waals surface area contributed by atoms with Crippen LogP contribution in [0.3, 0.4) is 0 Å². The topological polar surface area (TPSA) is 26.3 Å². The molecule has 2 aromatic rings. The molecule has 94 valence electrons. The Kier molecular flexibility index (Phi) is 3.94. The average molecular weight is 260 g/mol. The highest BCUT2D eigenvalue weighted by Gasteiger charge is 2.16. The molecule has 0 saturated heterocycles. The molecular formula is C15H16O2S. The summed E-state index contributed by atoms with van der Waals surface area (Å²) in [6, 6.07) is 10.2. The largest absolute Gasteiger partial charge is 0.372 e. The van der Waals surface area contributed by atoms with Crippen molar-refractivity contribution in [2.24, 2.45) is 0 Å². The second-order valence-electron chi connectivity index (χ2n) is 4.33. The fourth-order valence-electron chi connectivity index (χ4n) is 1.97. The first kappa shape index (κ1) is 13.0. The number of rotatable bonds is 4. The van der Waals surface area contributed by atoms with Gasteiger partial charge in [-0.3, -0.25) is 4.79 Å². The van der Waals surface area contributed by atoms with Crippen molar-refractivity contribution in [3.63, 3.8) is 0 Å². The molecule has 0 aliphatic rings. The first-order valence-electron chi connectivity index (χ1n) is 5.80. The van der Waals surface area contributed by atoms with Crippen LogP contribution in [-0.4, -0.2) is 12.9 Å². The third-order valence-corrected chi connectivity index (χ3v) is 3.90. The average Bonchev–Trinajstić information content (AvgIpc) is 2.80. The summed E-state index contributed by atoms with van der Waals surface area (Å²) in [4.78, 5) is 12.1. The van der Waals surface area contributed by atoms with E-state index in [1.54, 1.807) is 14.0 Å². The van der Waals surface area contributed by atoms with Crippen LogP contribution in [0.1, 0.15) is 39.4 Å². The van der Waals surface area contributed by atoms with Crippen molar-refractivity contribution in [3.8, 4) is 0 Å². The molecule has 2 nitrogen and oxygen atoms in total. The normalized spacial score (nSPS) is 12.4. The van der Waals surface area contributed by atoms with Crippen LogP contribution in [0.4, 0.5) is 0 Å². The van der Waals surface area contributed by atoms with Gasteiger partial charge in [-0.1, -0.05) is 29.8 Å². The molecule has 0 N–H and O–H groups in total. The molecule has 1 atom stereocenters. The lowest BCUT2D eigenvalue weighted by molar-refractivity contribution is 0.102. The van der Waals surface area contributed by atoms with Gasteiger partial charge in [-0.15, -0.1) is 11.3 Å². The quantitative estimate of drug-likeness (QED) is 0.777. The van der Waals surface area contributed by atoms with Gasteiger partial charge in [0, 0.05) is 7.11 Å². The van der Waals surface area contributed by atoms with E-state index in [0.29, 0.717) is 0 Å². The van der Waals surface area contributed by atoms with Gasteiger partial charge in [-0.2, -0.15) is 0 Å². The lowest BCUT2D eigenvalue weighted by Crippen LogP contribution is -2.02. The summed E-state index contributed by atoms with van der Waals surface area (Å²) >= 11 is 1.47. The minimum atomic E-state index is -0.103. The zero-order chi connectivity index (χ0) is 13.1. The summed E-state index contributed by atoms with van der Waals surface area (Å²) < 4.78 is 5.57. The monoisotopic (exact) mass is 260 g/mol. The Balaban J connectivity index is 2.35. The molecular weight excluding hydrogens is 244 g/mol. The number of ether oxygens (including phenoxy) is 1. The first-order chi connectivity index (χ1) is 8.61. The van der Waals surface area contributed by atoms with Gasteiger partial charge >= 0.3 is 0 Å². The number of hydrogen-bond acceptors (Lipinski definition) is 3. The standard InChI is InChI=1S/C15H16O2S/c1-10-5-4-6-12(7-10)15(17-3)13-8-14(11(2)16)18-9-13/h4-9,15H,1-3H3. The first-order valence-corrected chi connectivity index (χ1v) is 6.68. The van der Waals surface area contributed by atoms with E-state index in [1.165, 1.54) is 16.9 Å². The van der Waals surface area contributed by atoms with E-state index in [2.05, 4.69) is 19.1 Å². The highest BCUT2D eigenvalue weighted by molar-refractivity contribution is 7.12. The van der Waals surface area contributed by atoms with Crippen molar-refractivity contribution in [2.75, 3.05) is 7.11 Å². The maximum Gasteiger partial charge on any atom is 0.169 e. The van der Waals surface area contributed by atoms with Crippen LogP contribution in [0.2, 0.25) is 0 Å². The predicted octanol–water partition coefficient (Wildman–Crippen LogP) is 3.99. The zero-order valence-corrected chi connectivity index (χ0v) is 11.6. The molecule has 1 aromatic carbocycles. The second-order valence-corrected chi connectivity index (χ2v) is 5.24. The van der Waals surface area contributed by atoms with Crippen LogP contribution in [-0.2, 0) is 4.74 Å². The molecule has 1 aromatic heterocycles. The van der Waals surface area contributed by atoms with E-state index < -0.39 is 0 Å². The molecule has 0 saturated carbocycles. The summed E-state index contributed by atoms with van der Waals surface area (Å²) in [5, 5.41) is 1.99. The second kappa shape index (κ2) is 5.46.